The molecule has 2 rings (SSSR count). The molecule has 1 aliphatic carbocycles. The summed E-state index contributed by atoms with van der Waals surface area (Å²) in [6.07, 6.45) is 3.20. The fraction of sp³-hybridized carbons (Fsp3) is 0.529. The third-order valence-electron chi connectivity index (χ3n) is 4.45. The first-order valence-corrected chi connectivity index (χ1v) is 7.72. The van der Waals surface area contributed by atoms with E-state index in [2.05, 4.69) is 0 Å². The maximum absolute atomic E-state index is 13.6. The van der Waals surface area contributed by atoms with E-state index in [1.165, 1.54) is 17.0 Å². The fourth-order valence-corrected chi connectivity index (χ4v) is 3.32. The van der Waals surface area contributed by atoms with E-state index >= 15 is 0 Å². The number of primary amides is 1. The molecular formula is C17H23FN2O2. The van der Waals surface area contributed by atoms with Gasteiger partial charge < -0.3 is 10.6 Å². The van der Waals surface area contributed by atoms with Crippen molar-refractivity contribution in [3.8, 4) is 0 Å². The van der Waals surface area contributed by atoms with E-state index in [1.54, 1.807) is 12.1 Å². The topological polar surface area (TPSA) is 63.4 Å². The standard InChI is InChI=1S/C17H23FN2O2/c1-12(2)20(11-15(19)21)16(22)17(8-3-4-9-17)13-6-5-7-14(18)10-13/h5-7,10,12H,3-4,8-9,11H2,1-2H3,(H2,19,21). The largest absolute Gasteiger partial charge is 0.368 e. The third-order valence-corrected chi connectivity index (χ3v) is 4.45. The molecule has 0 spiro atoms. The van der Waals surface area contributed by atoms with Crippen molar-refractivity contribution in [3.63, 3.8) is 0 Å². The minimum atomic E-state index is -0.734. The average molecular weight is 306 g/mol. The predicted molar refractivity (Wildman–Crippen MR) is 82.6 cm³/mol. The van der Waals surface area contributed by atoms with Crippen LogP contribution >= 0.6 is 0 Å². The molecule has 0 atom stereocenters. The Hall–Kier alpha value is -1.91. The normalized spacial score (nSPS) is 16.7. The van der Waals surface area contributed by atoms with Gasteiger partial charge in [-0.05, 0) is 44.4 Å². The van der Waals surface area contributed by atoms with Crippen LogP contribution in [0.5, 0.6) is 0 Å². The molecule has 0 unspecified atom stereocenters. The predicted octanol–water partition coefficient (Wildman–Crippen LogP) is 2.36. The van der Waals surface area contributed by atoms with Crippen LogP contribution in [0.15, 0.2) is 24.3 Å². The second-order valence-corrected chi connectivity index (χ2v) is 6.29. The first-order valence-electron chi connectivity index (χ1n) is 7.72. The monoisotopic (exact) mass is 306 g/mol. The lowest BCUT2D eigenvalue weighted by atomic mass is 9.77. The lowest BCUT2D eigenvalue weighted by Crippen LogP contribution is -2.51. The maximum Gasteiger partial charge on any atom is 0.237 e. The molecule has 2 amide bonds. The Labute approximate surface area is 130 Å². The van der Waals surface area contributed by atoms with Gasteiger partial charge in [0.15, 0.2) is 0 Å². The highest BCUT2D eigenvalue weighted by atomic mass is 19.1. The molecule has 0 bridgehead atoms. The van der Waals surface area contributed by atoms with Crippen LogP contribution in [0.4, 0.5) is 4.39 Å². The molecule has 1 aliphatic rings. The van der Waals surface area contributed by atoms with Gasteiger partial charge in [0, 0.05) is 6.04 Å². The highest BCUT2D eigenvalue weighted by Gasteiger charge is 2.45. The molecule has 0 radical (unpaired) electrons. The lowest BCUT2D eigenvalue weighted by molar-refractivity contribution is -0.142. The maximum atomic E-state index is 13.6. The van der Waals surface area contributed by atoms with Crippen LogP contribution in [-0.2, 0) is 15.0 Å². The zero-order chi connectivity index (χ0) is 16.3. The van der Waals surface area contributed by atoms with Crippen LogP contribution in [-0.4, -0.2) is 29.3 Å². The van der Waals surface area contributed by atoms with Gasteiger partial charge in [0.05, 0.1) is 12.0 Å². The van der Waals surface area contributed by atoms with Crippen LogP contribution in [0, 0.1) is 5.82 Å². The summed E-state index contributed by atoms with van der Waals surface area (Å²) in [7, 11) is 0. The third kappa shape index (κ3) is 3.13. The minimum absolute atomic E-state index is 0.104. The zero-order valence-corrected chi connectivity index (χ0v) is 13.1. The number of rotatable bonds is 5. The van der Waals surface area contributed by atoms with E-state index in [0.717, 1.165) is 12.8 Å². The summed E-state index contributed by atoms with van der Waals surface area (Å²) in [5, 5.41) is 0. The Bertz CT molecular complexity index is 566. The molecule has 1 aromatic carbocycles. The van der Waals surface area contributed by atoms with Crippen molar-refractivity contribution >= 4 is 11.8 Å². The quantitative estimate of drug-likeness (QED) is 0.907. The van der Waals surface area contributed by atoms with Crippen molar-refractivity contribution in [1.29, 1.82) is 0 Å². The molecule has 1 fully saturated rings. The number of amides is 2. The van der Waals surface area contributed by atoms with E-state index in [4.69, 9.17) is 5.73 Å². The Balaban J connectivity index is 2.42. The zero-order valence-electron chi connectivity index (χ0n) is 13.1. The summed E-state index contributed by atoms with van der Waals surface area (Å²) in [4.78, 5) is 26.0. The first kappa shape index (κ1) is 16.5. The van der Waals surface area contributed by atoms with Crippen LogP contribution < -0.4 is 5.73 Å². The van der Waals surface area contributed by atoms with E-state index in [-0.39, 0.29) is 24.3 Å². The number of benzene rings is 1. The molecule has 0 heterocycles. The summed E-state index contributed by atoms with van der Waals surface area (Å²) >= 11 is 0. The van der Waals surface area contributed by atoms with Crippen LogP contribution in [0.2, 0.25) is 0 Å². The first-order chi connectivity index (χ1) is 10.4. The number of hydrogen-bond acceptors (Lipinski definition) is 2. The minimum Gasteiger partial charge on any atom is -0.368 e. The summed E-state index contributed by atoms with van der Waals surface area (Å²) in [6.45, 7) is 3.61. The van der Waals surface area contributed by atoms with Gasteiger partial charge in [0.2, 0.25) is 11.8 Å². The van der Waals surface area contributed by atoms with Crippen LogP contribution in [0.25, 0.3) is 0 Å². The Morgan fingerprint density at radius 1 is 1.32 bits per heavy atom. The second-order valence-electron chi connectivity index (χ2n) is 6.29. The van der Waals surface area contributed by atoms with Gasteiger partial charge in [-0.15, -0.1) is 0 Å². The van der Waals surface area contributed by atoms with Crippen molar-refractivity contribution in [2.45, 2.75) is 51.0 Å². The molecule has 1 aromatic rings. The lowest BCUT2D eigenvalue weighted by Gasteiger charge is -2.36. The van der Waals surface area contributed by atoms with Crippen molar-refractivity contribution < 1.29 is 14.0 Å². The molecule has 2 N–H and O–H groups in total. The number of hydrogen-bond donors (Lipinski definition) is 1. The van der Waals surface area contributed by atoms with E-state index in [0.29, 0.717) is 18.4 Å². The van der Waals surface area contributed by atoms with Gasteiger partial charge in [0.25, 0.3) is 0 Å². The number of carbonyl (C=O) groups is 2. The molecule has 5 heteroatoms. The van der Waals surface area contributed by atoms with Crippen LogP contribution in [0.1, 0.15) is 45.1 Å². The molecule has 22 heavy (non-hydrogen) atoms. The summed E-state index contributed by atoms with van der Waals surface area (Å²) in [6, 6.07) is 6.11. The molecule has 0 aromatic heterocycles. The molecule has 4 nitrogen and oxygen atoms in total. The van der Waals surface area contributed by atoms with E-state index < -0.39 is 11.3 Å². The van der Waals surface area contributed by atoms with Crippen molar-refractivity contribution in [1.82, 2.24) is 4.90 Å². The van der Waals surface area contributed by atoms with E-state index in [1.807, 2.05) is 13.8 Å². The number of nitrogens with zero attached hydrogens (tertiary/aromatic N) is 1. The fourth-order valence-electron chi connectivity index (χ4n) is 3.32. The summed E-state index contributed by atoms with van der Waals surface area (Å²) < 4.78 is 13.6. The van der Waals surface area contributed by atoms with Crippen LogP contribution in [0.3, 0.4) is 0 Å². The molecular weight excluding hydrogens is 283 g/mol. The SMILES string of the molecule is CC(C)N(CC(N)=O)C(=O)C1(c2cccc(F)c2)CCCC1. The summed E-state index contributed by atoms with van der Waals surface area (Å²) in [5.74, 6) is -0.999. The highest BCUT2D eigenvalue weighted by Crippen LogP contribution is 2.43. The number of carbonyl (C=O) groups excluding carboxylic acids is 2. The van der Waals surface area contributed by atoms with Gasteiger partial charge in [-0.25, -0.2) is 4.39 Å². The number of nitrogens with two attached hydrogens (primary N) is 1. The average Bonchev–Trinajstić information content (AvgIpc) is 2.94. The van der Waals surface area contributed by atoms with Crippen molar-refractivity contribution in [2.75, 3.05) is 6.54 Å². The van der Waals surface area contributed by atoms with Gasteiger partial charge in [-0.2, -0.15) is 0 Å². The molecule has 0 saturated heterocycles. The molecule has 1 saturated carbocycles. The van der Waals surface area contributed by atoms with Gasteiger partial charge in [-0.1, -0.05) is 25.0 Å². The van der Waals surface area contributed by atoms with Crippen molar-refractivity contribution in [3.05, 3.63) is 35.6 Å². The molecule has 0 aliphatic heterocycles. The molecule has 120 valence electrons. The Morgan fingerprint density at radius 2 is 1.95 bits per heavy atom. The van der Waals surface area contributed by atoms with Crippen molar-refractivity contribution in [2.24, 2.45) is 5.73 Å². The van der Waals surface area contributed by atoms with Gasteiger partial charge in [-0.3, -0.25) is 9.59 Å². The van der Waals surface area contributed by atoms with E-state index in [9.17, 15) is 14.0 Å². The van der Waals surface area contributed by atoms with Gasteiger partial charge in [0.1, 0.15) is 5.82 Å². The smallest absolute Gasteiger partial charge is 0.237 e. The van der Waals surface area contributed by atoms with Gasteiger partial charge >= 0.3 is 0 Å². The second kappa shape index (κ2) is 6.46. The Morgan fingerprint density at radius 3 is 2.45 bits per heavy atom. The Kier molecular flexibility index (Phi) is 4.84. The highest BCUT2D eigenvalue weighted by molar-refractivity contribution is 5.91. The number of halogens is 1. The summed E-state index contributed by atoms with van der Waals surface area (Å²) in [5.41, 5.74) is 5.25.